The molecule has 0 aromatic rings. The molecule has 1 aliphatic rings. The molecule has 0 amide bonds. The van der Waals surface area contributed by atoms with Crippen molar-refractivity contribution in [3.8, 4) is 0 Å². The Bertz CT molecular complexity index is 132. The summed E-state index contributed by atoms with van der Waals surface area (Å²) in [5.74, 6) is 0.227. The van der Waals surface area contributed by atoms with Crippen LogP contribution in [0.5, 0.6) is 0 Å². The Morgan fingerprint density at radius 3 is 2.45 bits per heavy atom. The van der Waals surface area contributed by atoms with Crippen LogP contribution in [0.1, 0.15) is 12.8 Å². The summed E-state index contributed by atoms with van der Waals surface area (Å²) in [5, 5.41) is 9.17. The fourth-order valence-electron chi connectivity index (χ4n) is 1.43. The molecule has 0 unspecified atom stereocenters. The second-order valence-electron chi connectivity index (χ2n) is 3.14. The van der Waals surface area contributed by atoms with E-state index >= 15 is 0 Å². The van der Waals surface area contributed by atoms with Crippen LogP contribution in [0.4, 0.5) is 0 Å². The summed E-state index contributed by atoms with van der Waals surface area (Å²) in [6, 6.07) is 0. The predicted molar refractivity (Wildman–Crippen MR) is 44.2 cm³/mol. The molecule has 1 N–H and O–H groups in total. The highest BCUT2D eigenvalue weighted by molar-refractivity contribution is 6.45. The fourth-order valence-corrected chi connectivity index (χ4v) is 1.43. The lowest BCUT2D eigenvalue weighted by atomic mass is 9.81. The van der Waals surface area contributed by atoms with Gasteiger partial charge in [-0.25, -0.2) is 0 Å². The summed E-state index contributed by atoms with van der Waals surface area (Å²) in [5.41, 5.74) is 0. The van der Waals surface area contributed by atoms with E-state index in [9.17, 15) is 9.82 Å². The van der Waals surface area contributed by atoms with Crippen molar-refractivity contribution in [2.45, 2.75) is 19.7 Å². The van der Waals surface area contributed by atoms with Gasteiger partial charge in [-0.1, -0.05) is 0 Å². The highest BCUT2D eigenvalue weighted by atomic mass is 16.2. The van der Waals surface area contributed by atoms with E-state index in [2.05, 4.69) is 0 Å². The molecule has 1 rings (SSSR count). The van der Waals surface area contributed by atoms with E-state index in [-0.39, 0.29) is 13.0 Å². The molecule has 4 heteroatoms. The van der Waals surface area contributed by atoms with E-state index < -0.39 is 0 Å². The van der Waals surface area contributed by atoms with Gasteiger partial charge in [0, 0.05) is 5.92 Å². The molecule has 1 aliphatic heterocycles. The molecule has 0 aliphatic carbocycles. The van der Waals surface area contributed by atoms with Crippen molar-refractivity contribution in [2.24, 2.45) is 5.92 Å². The summed E-state index contributed by atoms with van der Waals surface area (Å²) in [6.07, 6.45) is 2.82. The van der Waals surface area contributed by atoms with E-state index in [0.717, 1.165) is 32.2 Å². The average molecular weight is 155 g/mol. The zero-order valence-corrected chi connectivity index (χ0v) is 6.86. The molecule has 0 spiro atoms. The zero-order chi connectivity index (χ0) is 8.27. The van der Waals surface area contributed by atoms with Gasteiger partial charge >= 0.3 is 7.05 Å². The largest absolute Gasteiger partial charge is 0.437 e. The molecule has 11 heavy (non-hydrogen) atoms. The number of piperidine rings is 1. The van der Waals surface area contributed by atoms with Gasteiger partial charge < -0.3 is 14.6 Å². The summed E-state index contributed by atoms with van der Waals surface area (Å²) in [7, 11) is -0.359. The van der Waals surface area contributed by atoms with Crippen molar-refractivity contribution in [3.05, 3.63) is 0 Å². The van der Waals surface area contributed by atoms with Crippen LogP contribution in [-0.4, -0.2) is 36.3 Å². The molecule has 0 atom stereocenters. The lowest BCUT2D eigenvalue weighted by Crippen LogP contribution is -2.43. The third kappa shape index (κ3) is 2.31. The van der Waals surface area contributed by atoms with Crippen LogP contribution in [0.15, 0.2) is 0 Å². The summed E-state index contributed by atoms with van der Waals surface area (Å²) < 4.78 is 0. The van der Waals surface area contributed by atoms with E-state index in [0.29, 0.717) is 0 Å². The second-order valence-corrected chi connectivity index (χ2v) is 3.14. The Morgan fingerprint density at radius 2 is 2.09 bits per heavy atom. The maximum atomic E-state index is 10.4. The van der Waals surface area contributed by atoms with Gasteiger partial charge in [0.15, 0.2) is 0 Å². The Labute approximate surface area is 67.5 Å². The molecule has 3 nitrogen and oxygen atoms in total. The first kappa shape index (κ1) is 8.75. The molecule has 1 saturated heterocycles. The van der Waals surface area contributed by atoms with E-state index in [1.54, 1.807) is 6.82 Å². The molecular formula is C7H14BNO2. The van der Waals surface area contributed by atoms with Crippen molar-refractivity contribution in [3.63, 3.8) is 0 Å². The second kappa shape index (κ2) is 3.88. The SMILES string of the molecule is CB(O)N1CCC(C=O)CC1. The molecule has 0 radical (unpaired) electrons. The topological polar surface area (TPSA) is 40.5 Å². The molecular weight excluding hydrogens is 141 g/mol. The zero-order valence-electron chi connectivity index (χ0n) is 6.86. The van der Waals surface area contributed by atoms with Crippen LogP contribution in [0.2, 0.25) is 6.82 Å². The lowest BCUT2D eigenvalue weighted by molar-refractivity contribution is -0.112. The van der Waals surface area contributed by atoms with Gasteiger partial charge in [0.2, 0.25) is 0 Å². The number of nitrogens with zero attached hydrogens (tertiary/aromatic N) is 1. The van der Waals surface area contributed by atoms with E-state index in [1.807, 2.05) is 4.81 Å². The molecule has 0 aromatic heterocycles. The van der Waals surface area contributed by atoms with Crippen molar-refractivity contribution < 1.29 is 9.82 Å². The maximum absolute atomic E-state index is 10.4. The van der Waals surface area contributed by atoms with Gasteiger partial charge in [-0.15, -0.1) is 0 Å². The van der Waals surface area contributed by atoms with Crippen LogP contribution in [0.25, 0.3) is 0 Å². The molecule has 0 aromatic carbocycles. The van der Waals surface area contributed by atoms with Gasteiger partial charge in [-0.05, 0) is 32.8 Å². The monoisotopic (exact) mass is 155 g/mol. The third-order valence-electron chi connectivity index (χ3n) is 2.30. The fraction of sp³-hybridized carbons (Fsp3) is 0.857. The molecule has 62 valence electrons. The van der Waals surface area contributed by atoms with E-state index in [1.165, 1.54) is 0 Å². The van der Waals surface area contributed by atoms with Gasteiger partial charge in [-0.2, -0.15) is 0 Å². The quantitative estimate of drug-likeness (QED) is 0.451. The van der Waals surface area contributed by atoms with Crippen molar-refractivity contribution >= 4 is 13.3 Å². The van der Waals surface area contributed by atoms with Crippen molar-refractivity contribution in [1.82, 2.24) is 4.81 Å². The van der Waals surface area contributed by atoms with Crippen LogP contribution >= 0.6 is 0 Å². The van der Waals surface area contributed by atoms with Gasteiger partial charge in [0.1, 0.15) is 6.29 Å². The van der Waals surface area contributed by atoms with Crippen LogP contribution in [-0.2, 0) is 4.79 Å². The first-order valence-corrected chi connectivity index (χ1v) is 4.11. The molecule has 1 fully saturated rings. The highest BCUT2D eigenvalue weighted by Crippen LogP contribution is 2.14. The third-order valence-corrected chi connectivity index (χ3v) is 2.30. The Kier molecular flexibility index (Phi) is 3.08. The summed E-state index contributed by atoms with van der Waals surface area (Å²) >= 11 is 0. The van der Waals surface area contributed by atoms with Crippen molar-refractivity contribution in [1.29, 1.82) is 0 Å². The molecule has 1 heterocycles. The predicted octanol–water partition coefficient (Wildman–Crippen LogP) is 0.00760. The van der Waals surface area contributed by atoms with Gasteiger partial charge in [0.25, 0.3) is 0 Å². The number of rotatable bonds is 2. The Hall–Kier alpha value is -0.345. The number of hydrogen-bond donors (Lipinski definition) is 1. The number of carbonyl (C=O) groups is 1. The van der Waals surface area contributed by atoms with Gasteiger partial charge in [-0.3, -0.25) is 0 Å². The van der Waals surface area contributed by atoms with Crippen LogP contribution in [0.3, 0.4) is 0 Å². The summed E-state index contributed by atoms with van der Waals surface area (Å²) in [6.45, 7) is 3.46. The first-order chi connectivity index (χ1) is 5.24. The Morgan fingerprint density at radius 1 is 1.55 bits per heavy atom. The first-order valence-electron chi connectivity index (χ1n) is 4.11. The normalized spacial score (nSPS) is 21.6. The van der Waals surface area contributed by atoms with E-state index in [4.69, 9.17) is 0 Å². The minimum absolute atomic E-state index is 0.227. The number of carbonyl (C=O) groups excluding carboxylic acids is 1. The highest BCUT2D eigenvalue weighted by Gasteiger charge is 2.23. The van der Waals surface area contributed by atoms with Gasteiger partial charge in [0.05, 0.1) is 0 Å². The van der Waals surface area contributed by atoms with Crippen LogP contribution < -0.4 is 0 Å². The standard InChI is InChI=1S/C7H14BNO2/c1-8(11)9-4-2-7(6-10)3-5-9/h6-7,11H,2-5H2,1H3. The average Bonchev–Trinajstić information content (AvgIpc) is 2.05. The molecule has 0 saturated carbocycles. The Balaban J connectivity index is 2.29. The van der Waals surface area contributed by atoms with Crippen molar-refractivity contribution in [2.75, 3.05) is 13.1 Å². The summed E-state index contributed by atoms with van der Waals surface area (Å²) in [4.78, 5) is 12.3. The lowest BCUT2D eigenvalue weighted by Gasteiger charge is -2.29. The maximum Gasteiger partial charge on any atom is 0.376 e. The number of hydrogen-bond acceptors (Lipinski definition) is 3. The number of aldehydes is 1. The molecule has 0 bridgehead atoms. The minimum Gasteiger partial charge on any atom is -0.437 e. The smallest absolute Gasteiger partial charge is 0.376 e. The van der Waals surface area contributed by atoms with Crippen LogP contribution in [0, 0.1) is 5.92 Å². The minimum atomic E-state index is -0.359.